The van der Waals surface area contributed by atoms with Gasteiger partial charge in [0, 0.05) is 18.1 Å². The molecular formula is C12H12N2O. The van der Waals surface area contributed by atoms with Crippen molar-refractivity contribution in [3.05, 3.63) is 30.5 Å². The quantitative estimate of drug-likeness (QED) is 0.763. The van der Waals surface area contributed by atoms with Gasteiger partial charge in [0.2, 0.25) is 0 Å². The number of nitriles is 1. The molecule has 0 unspecified atom stereocenters. The van der Waals surface area contributed by atoms with E-state index >= 15 is 0 Å². The van der Waals surface area contributed by atoms with Crippen LogP contribution in [-0.4, -0.2) is 11.7 Å². The van der Waals surface area contributed by atoms with Crippen molar-refractivity contribution in [2.24, 2.45) is 0 Å². The first kappa shape index (κ1) is 9.60. The number of hydrogen-bond acceptors (Lipinski definition) is 2. The third kappa shape index (κ3) is 1.66. The van der Waals surface area contributed by atoms with Gasteiger partial charge in [-0.1, -0.05) is 12.1 Å². The Morgan fingerprint density at radius 3 is 3.00 bits per heavy atom. The molecule has 0 aliphatic rings. The first-order valence-electron chi connectivity index (χ1n) is 4.85. The van der Waals surface area contributed by atoms with Crippen LogP contribution in [0.1, 0.15) is 6.42 Å². The van der Waals surface area contributed by atoms with Crippen LogP contribution in [0.5, 0.6) is 5.75 Å². The van der Waals surface area contributed by atoms with E-state index in [1.807, 2.05) is 30.5 Å². The van der Waals surface area contributed by atoms with E-state index in [1.165, 1.54) is 0 Å². The molecule has 1 aromatic heterocycles. The monoisotopic (exact) mass is 200 g/mol. The summed E-state index contributed by atoms with van der Waals surface area (Å²) in [5.74, 6) is 0.857. The zero-order valence-corrected chi connectivity index (χ0v) is 8.60. The van der Waals surface area contributed by atoms with Gasteiger partial charge in [0.15, 0.2) is 0 Å². The first-order valence-corrected chi connectivity index (χ1v) is 4.85. The van der Waals surface area contributed by atoms with Gasteiger partial charge in [-0.2, -0.15) is 5.26 Å². The van der Waals surface area contributed by atoms with Crippen LogP contribution in [0.2, 0.25) is 0 Å². The van der Waals surface area contributed by atoms with Crippen LogP contribution in [0.25, 0.3) is 10.9 Å². The molecule has 0 radical (unpaired) electrons. The van der Waals surface area contributed by atoms with Crippen molar-refractivity contribution in [3.8, 4) is 11.8 Å². The largest absolute Gasteiger partial charge is 0.495 e. The minimum atomic E-state index is 0.516. The molecule has 15 heavy (non-hydrogen) atoms. The molecule has 76 valence electrons. The minimum absolute atomic E-state index is 0.516. The lowest BCUT2D eigenvalue weighted by Gasteiger charge is -2.06. The third-order valence-corrected chi connectivity index (χ3v) is 2.44. The van der Waals surface area contributed by atoms with Crippen molar-refractivity contribution in [3.63, 3.8) is 0 Å². The Morgan fingerprint density at radius 2 is 2.27 bits per heavy atom. The normalized spacial score (nSPS) is 10.1. The number of hydrogen-bond donors (Lipinski definition) is 0. The molecule has 0 amide bonds. The molecule has 1 aromatic carbocycles. The van der Waals surface area contributed by atoms with E-state index in [1.54, 1.807) is 7.11 Å². The zero-order valence-electron chi connectivity index (χ0n) is 8.60. The van der Waals surface area contributed by atoms with Crippen molar-refractivity contribution in [2.45, 2.75) is 13.0 Å². The summed E-state index contributed by atoms with van der Waals surface area (Å²) in [4.78, 5) is 0. The van der Waals surface area contributed by atoms with E-state index in [2.05, 4.69) is 10.6 Å². The van der Waals surface area contributed by atoms with Crippen LogP contribution in [-0.2, 0) is 6.54 Å². The maximum absolute atomic E-state index is 8.57. The summed E-state index contributed by atoms with van der Waals surface area (Å²) in [5.41, 5.74) is 1.07. The number of aromatic nitrogens is 1. The second-order valence-corrected chi connectivity index (χ2v) is 3.32. The predicted octanol–water partition coefficient (Wildman–Crippen LogP) is 2.56. The van der Waals surface area contributed by atoms with Crippen molar-refractivity contribution in [2.75, 3.05) is 7.11 Å². The second kappa shape index (κ2) is 4.05. The Bertz CT molecular complexity index is 508. The van der Waals surface area contributed by atoms with E-state index in [0.29, 0.717) is 13.0 Å². The fourth-order valence-electron chi connectivity index (χ4n) is 1.75. The van der Waals surface area contributed by atoms with Crippen LogP contribution in [0.3, 0.4) is 0 Å². The summed E-state index contributed by atoms with van der Waals surface area (Å²) < 4.78 is 7.36. The zero-order chi connectivity index (χ0) is 10.7. The SMILES string of the molecule is COc1cccc2ccn(CCC#N)c12. The van der Waals surface area contributed by atoms with Crippen molar-refractivity contribution in [1.29, 1.82) is 5.26 Å². The lowest BCUT2D eigenvalue weighted by Crippen LogP contribution is -1.96. The molecule has 0 saturated heterocycles. The smallest absolute Gasteiger partial charge is 0.143 e. The second-order valence-electron chi connectivity index (χ2n) is 3.32. The predicted molar refractivity (Wildman–Crippen MR) is 58.7 cm³/mol. The van der Waals surface area contributed by atoms with Crippen LogP contribution >= 0.6 is 0 Å². The summed E-state index contributed by atoms with van der Waals surface area (Å²) in [6, 6.07) is 10.1. The van der Waals surface area contributed by atoms with Crippen LogP contribution < -0.4 is 4.74 Å². The van der Waals surface area contributed by atoms with Crippen molar-refractivity contribution in [1.82, 2.24) is 4.57 Å². The van der Waals surface area contributed by atoms with Crippen molar-refractivity contribution >= 4 is 10.9 Å². The topological polar surface area (TPSA) is 38.0 Å². The Hall–Kier alpha value is -1.95. The number of ether oxygens (including phenoxy) is 1. The molecule has 3 nitrogen and oxygen atoms in total. The van der Waals surface area contributed by atoms with E-state index in [-0.39, 0.29) is 0 Å². The van der Waals surface area contributed by atoms with Gasteiger partial charge in [-0.15, -0.1) is 0 Å². The highest BCUT2D eigenvalue weighted by molar-refractivity contribution is 5.85. The van der Waals surface area contributed by atoms with Crippen LogP contribution in [0, 0.1) is 11.3 Å². The van der Waals surface area contributed by atoms with E-state index in [0.717, 1.165) is 16.7 Å². The van der Waals surface area contributed by atoms with Gasteiger partial charge in [-0.05, 0) is 12.1 Å². The number of fused-ring (bicyclic) bond motifs is 1. The Balaban J connectivity index is 2.51. The third-order valence-electron chi connectivity index (χ3n) is 2.44. The average Bonchev–Trinajstić information content (AvgIpc) is 2.69. The lowest BCUT2D eigenvalue weighted by atomic mass is 10.2. The minimum Gasteiger partial charge on any atom is -0.495 e. The van der Waals surface area contributed by atoms with Gasteiger partial charge in [-0.25, -0.2) is 0 Å². The summed E-state index contributed by atoms with van der Waals surface area (Å²) in [7, 11) is 1.66. The lowest BCUT2D eigenvalue weighted by molar-refractivity contribution is 0.417. The Kier molecular flexibility index (Phi) is 2.59. The van der Waals surface area contributed by atoms with Crippen LogP contribution in [0.15, 0.2) is 30.5 Å². The van der Waals surface area contributed by atoms with Gasteiger partial charge >= 0.3 is 0 Å². The fraction of sp³-hybridized carbons (Fsp3) is 0.250. The molecule has 3 heteroatoms. The van der Waals surface area contributed by atoms with Gasteiger partial charge in [0.05, 0.1) is 25.1 Å². The summed E-state index contributed by atoms with van der Waals surface area (Å²) >= 11 is 0. The molecule has 0 spiro atoms. The molecule has 0 aliphatic carbocycles. The van der Waals surface area contributed by atoms with Crippen LogP contribution in [0.4, 0.5) is 0 Å². The highest BCUT2D eigenvalue weighted by atomic mass is 16.5. The maximum atomic E-state index is 8.57. The Labute approximate surface area is 88.5 Å². The van der Waals surface area contributed by atoms with Gasteiger partial charge in [-0.3, -0.25) is 0 Å². The summed E-state index contributed by atoms with van der Waals surface area (Å²) in [5, 5.41) is 9.71. The van der Waals surface area contributed by atoms with E-state index in [4.69, 9.17) is 10.00 Å². The highest BCUT2D eigenvalue weighted by Gasteiger charge is 2.05. The number of para-hydroxylation sites is 1. The fourth-order valence-corrected chi connectivity index (χ4v) is 1.75. The average molecular weight is 200 g/mol. The first-order chi connectivity index (χ1) is 7.36. The number of benzene rings is 1. The number of methoxy groups -OCH3 is 1. The van der Waals surface area contributed by atoms with E-state index in [9.17, 15) is 0 Å². The molecule has 2 rings (SSSR count). The molecule has 0 N–H and O–H groups in total. The maximum Gasteiger partial charge on any atom is 0.143 e. The van der Waals surface area contributed by atoms with Gasteiger partial charge in [0.25, 0.3) is 0 Å². The standard InChI is InChI=1S/C12H12N2O/c1-15-11-5-2-4-10-6-9-14(12(10)11)8-3-7-13/h2,4-6,9H,3,8H2,1H3. The molecule has 0 aliphatic heterocycles. The molecule has 0 fully saturated rings. The van der Waals surface area contributed by atoms with Gasteiger partial charge in [0.1, 0.15) is 5.75 Å². The number of aryl methyl sites for hydroxylation is 1. The number of rotatable bonds is 3. The Morgan fingerprint density at radius 1 is 1.40 bits per heavy atom. The van der Waals surface area contributed by atoms with E-state index < -0.39 is 0 Å². The molecule has 0 saturated carbocycles. The molecule has 1 heterocycles. The summed E-state index contributed by atoms with van der Waals surface area (Å²) in [6.45, 7) is 0.709. The highest BCUT2D eigenvalue weighted by Crippen LogP contribution is 2.26. The molecule has 0 atom stereocenters. The molecule has 2 aromatic rings. The molecular weight excluding hydrogens is 188 g/mol. The summed E-state index contributed by atoms with van der Waals surface area (Å²) in [6.07, 6.45) is 2.51. The molecule has 0 bridgehead atoms. The van der Waals surface area contributed by atoms with Gasteiger partial charge < -0.3 is 9.30 Å². The number of nitrogens with zero attached hydrogens (tertiary/aromatic N) is 2. The van der Waals surface area contributed by atoms with Crippen molar-refractivity contribution < 1.29 is 4.74 Å².